The number of hydrogen-bond donors (Lipinski definition) is 1. The molecular formula is C27H27N3OS. The van der Waals surface area contributed by atoms with Crippen molar-refractivity contribution in [3.63, 3.8) is 0 Å². The van der Waals surface area contributed by atoms with Crippen LogP contribution in [0.2, 0.25) is 0 Å². The van der Waals surface area contributed by atoms with Gasteiger partial charge in [0.2, 0.25) is 0 Å². The third kappa shape index (κ3) is 4.74. The molecule has 1 fully saturated rings. The monoisotopic (exact) mass is 441 g/mol. The minimum absolute atomic E-state index is 0.133. The summed E-state index contributed by atoms with van der Waals surface area (Å²) in [6, 6.07) is 24.3. The highest BCUT2D eigenvalue weighted by Crippen LogP contribution is 2.28. The summed E-state index contributed by atoms with van der Waals surface area (Å²) in [5.41, 5.74) is 5.10. The van der Waals surface area contributed by atoms with E-state index in [4.69, 9.17) is 0 Å². The Hall–Kier alpha value is -3.02. The highest BCUT2D eigenvalue weighted by Gasteiger charge is 2.16. The van der Waals surface area contributed by atoms with Crippen LogP contribution in [-0.4, -0.2) is 28.9 Å². The molecule has 162 valence electrons. The van der Waals surface area contributed by atoms with Crippen molar-refractivity contribution >= 4 is 32.6 Å². The van der Waals surface area contributed by atoms with Gasteiger partial charge in [-0.25, -0.2) is 4.98 Å². The summed E-state index contributed by atoms with van der Waals surface area (Å²) in [4.78, 5) is 19.9. The zero-order chi connectivity index (χ0) is 21.9. The van der Waals surface area contributed by atoms with Gasteiger partial charge >= 0.3 is 0 Å². The fraction of sp³-hybridized carbons (Fsp3) is 0.259. The summed E-state index contributed by atoms with van der Waals surface area (Å²) >= 11 is 1.54. The van der Waals surface area contributed by atoms with Crippen LogP contribution in [0.25, 0.3) is 21.3 Å². The number of likely N-dealkylation sites (tertiary alicyclic amines) is 1. The minimum Gasteiger partial charge on any atom is -0.299 e. The first-order valence-corrected chi connectivity index (χ1v) is 12.0. The highest BCUT2D eigenvalue weighted by atomic mass is 32.1. The van der Waals surface area contributed by atoms with E-state index in [1.807, 2.05) is 42.5 Å². The summed E-state index contributed by atoms with van der Waals surface area (Å²) < 4.78 is 1.11. The third-order valence-electron chi connectivity index (χ3n) is 6.21. The third-order valence-corrected chi connectivity index (χ3v) is 7.14. The van der Waals surface area contributed by atoms with Crippen LogP contribution >= 0.6 is 11.3 Å². The molecule has 1 amide bonds. The lowest BCUT2D eigenvalue weighted by Crippen LogP contribution is -2.32. The number of aromatic nitrogens is 1. The van der Waals surface area contributed by atoms with Crippen molar-refractivity contribution in [1.82, 2.24) is 9.88 Å². The second-order valence-electron chi connectivity index (χ2n) is 8.68. The summed E-state index contributed by atoms with van der Waals surface area (Å²) in [6.07, 6.45) is 2.57. The number of fused-ring (bicyclic) bond motifs is 1. The van der Waals surface area contributed by atoms with Crippen LogP contribution in [0.4, 0.5) is 5.13 Å². The predicted octanol–water partition coefficient (Wildman–Crippen LogP) is 6.45. The van der Waals surface area contributed by atoms with Gasteiger partial charge in [0.05, 0.1) is 10.2 Å². The van der Waals surface area contributed by atoms with E-state index in [9.17, 15) is 4.79 Å². The summed E-state index contributed by atoms with van der Waals surface area (Å²) in [6.45, 7) is 5.67. The van der Waals surface area contributed by atoms with Crippen LogP contribution in [0.5, 0.6) is 0 Å². The molecule has 0 atom stereocenters. The Kier molecular flexibility index (Phi) is 6.02. The van der Waals surface area contributed by atoms with Gasteiger partial charge in [0.25, 0.3) is 5.91 Å². The SMILES string of the molecule is CC1CCN(Cc2ccc3nc(NC(=O)c4ccc(-c5ccccc5)cc4)sc3c2)CC1. The molecular weight excluding hydrogens is 414 g/mol. The second kappa shape index (κ2) is 9.23. The van der Waals surface area contributed by atoms with Crippen molar-refractivity contribution in [3.8, 4) is 11.1 Å². The maximum Gasteiger partial charge on any atom is 0.257 e. The Balaban J connectivity index is 1.26. The van der Waals surface area contributed by atoms with E-state index >= 15 is 0 Å². The van der Waals surface area contributed by atoms with E-state index in [1.54, 1.807) is 0 Å². The number of anilines is 1. The predicted molar refractivity (Wildman–Crippen MR) is 133 cm³/mol. The Morgan fingerprint density at radius 3 is 2.47 bits per heavy atom. The molecule has 0 radical (unpaired) electrons. The van der Waals surface area contributed by atoms with Gasteiger partial charge in [-0.05, 0) is 72.8 Å². The van der Waals surface area contributed by atoms with Crippen molar-refractivity contribution in [2.24, 2.45) is 5.92 Å². The molecule has 0 saturated carbocycles. The van der Waals surface area contributed by atoms with Crippen LogP contribution in [-0.2, 0) is 6.54 Å². The van der Waals surface area contributed by atoms with Gasteiger partial charge in [-0.3, -0.25) is 15.0 Å². The van der Waals surface area contributed by atoms with E-state index in [-0.39, 0.29) is 5.91 Å². The maximum absolute atomic E-state index is 12.7. The number of rotatable bonds is 5. The Morgan fingerprint density at radius 1 is 1.00 bits per heavy atom. The Bertz CT molecular complexity index is 1210. The number of carbonyl (C=O) groups excluding carboxylic acids is 1. The topological polar surface area (TPSA) is 45.2 Å². The number of nitrogens with one attached hydrogen (secondary N) is 1. The average Bonchev–Trinajstić information content (AvgIpc) is 3.23. The lowest BCUT2D eigenvalue weighted by Gasteiger charge is -2.30. The number of nitrogens with zero attached hydrogens (tertiary/aromatic N) is 2. The molecule has 3 aromatic carbocycles. The Labute approximate surface area is 192 Å². The fourth-order valence-corrected chi connectivity index (χ4v) is 5.14. The largest absolute Gasteiger partial charge is 0.299 e. The molecule has 1 saturated heterocycles. The summed E-state index contributed by atoms with van der Waals surface area (Å²) in [5, 5.41) is 3.61. The quantitative estimate of drug-likeness (QED) is 0.387. The second-order valence-corrected chi connectivity index (χ2v) is 9.71. The molecule has 1 N–H and O–H groups in total. The minimum atomic E-state index is -0.133. The zero-order valence-corrected chi connectivity index (χ0v) is 19.1. The molecule has 32 heavy (non-hydrogen) atoms. The summed E-state index contributed by atoms with van der Waals surface area (Å²) in [7, 11) is 0. The number of hydrogen-bond acceptors (Lipinski definition) is 4. The molecule has 1 aromatic heterocycles. The lowest BCUT2D eigenvalue weighted by atomic mass is 9.99. The first-order chi connectivity index (χ1) is 15.6. The standard InChI is InChI=1S/C27H27N3OS/c1-19-13-15-30(16-14-19)18-20-7-12-24-25(17-20)32-27(28-24)29-26(31)23-10-8-22(9-11-23)21-5-3-2-4-6-21/h2-12,17,19H,13-16,18H2,1H3,(H,28,29,31). The van der Waals surface area contributed by atoms with Gasteiger partial charge in [-0.2, -0.15) is 0 Å². The molecule has 0 bridgehead atoms. The maximum atomic E-state index is 12.7. The molecule has 0 aliphatic carbocycles. The number of carbonyl (C=O) groups is 1. The van der Waals surface area contributed by atoms with Crippen LogP contribution in [0.15, 0.2) is 72.8 Å². The molecule has 1 aliphatic heterocycles. The van der Waals surface area contributed by atoms with E-state index in [2.05, 4.69) is 52.5 Å². The van der Waals surface area contributed by atoms with Gasteiger partial charge in [0, 0.05) is 12.1 Å². The van der Waals surface area contributed by atoms with Gasteiger partial charge < -0.3 is 0 Å². The highest BCUT2D eigenvalue weighted by molar-refractivity contribution is 7.22. The molecule has 5 rings (SSSR count). The van der Waals surface area contributed by atoms with Crippen LogP contribution in [0, 0.1) is 5.92 Å². The molecule has 2 heterocycles. The molecule has 1 aliphatic rings. The smallest absolute Gasteiger partial charge is 0.257 e. The zero-order valence-electron chi connectivity index (χ0n) is 18.3. The molecule has 0 spiro atoms. The van der Waals surface area contributed by atoms with E-state index in [0.29, 0.717) is 10.7 Å². The molecule has 4 aromatic rings. The first kappa shape index (κ1) is 20.9. The molecule has 5 heteroatoms. The lowest BCUT2D eigenvalue weighted by molar-refractivity contribution is 0.102. The van der Waals surface area contributed by atoms with Gasteiger partial charge in [-0.15, -0.1) is 0 Å². The first-order valence-electron chi connectivity index (χ1n) is 11.2. The number of piperidine rings is 1. The fourth-order valence-electron chi connectivity index (χ4n) is 4.21. The molecule has 0 unspecified atom stereocenters. The van der Waals surface area contributed by atoms with Crippen molar-refractivity contribution in [3.05, 3.63) is 83.9 Å². The van der Waals surface area contributed by atoms with Crippen molar-refractivity contribution in [1.29, 1.82) is 0 Å². The van der Waals surface area contributed by atoms with E-state index < -0.39 is 0 Å². The van der Waals surface area contributed by atoms with Gasteiger partial charge in [0.15, 0.2) is 5.13 Å². The van der Waals surface area contributed by atoms with Crippen molar-refractivity contribution < 1.29 is 4.79 Å². The van der Waals surface area contributed by atoms with E-state index in [1.165, 1.54) is 42.8 Å². The number of thiazole rings is 1. The number of benzene rings is 3. The van der Waals surface area contributed by atoms with Crippen LogP contribution in [0.3, 0.4) is 0 Å². The van der Waals surface area contributed by atoms with Crippen LogP contribution < -0.4 is 5.32 Å². The Morgan fingerprint density at radius 2 is 1.72 bits per heavy atom. The van der Waals surface area contributed by atoms with Crippen molar-refractivity contribution in [2.45, 2.75) is 26.3 Å². The molecule has 4 nitrogen and oxygen atoms in total. The van der Waals surface area contributed by atoms with Crippen LogP contribution in [0.1, 0.15) is 35.7 Å². The average molecular weight is 442 g/mol. The van der Waals surface area contributed by atoms with Gasteiger partial charge in [-0.1, -0.05) is 66.8 Å². The van der Waals surface area contributed by atoms with E-state index in [0.717, 1.165) is 33.8 Å². The van der Waals surface area contributed by atoms with Gasteiger partial charge in [0.1, 0.15) is 0 Å². The summed E-state index contributed by atoms with van der Waals surface area (Å²) in [5.74, 6) is 0.710. The number of amides is 1. The van der Waals surface area contributed by atoms with Crippen molar-refractivity contribution in [2.75, 3.05) is 18.4 Å². The normalized spacial score (nSPS) is 15.2.